The minimum atomic E-state index is 0.297. The number of carbonyl (C=O) groups excluding carboxylic acids is 1. The van der Waals surface area contributed by atoms with Crippen LogP contribution in [0.5, 0.6) is 0 Å². The standard InChI is InChI=1S/C33H41NO/c1-4-7-13-23-21-29(31(35)12-6-3)27-17-15-26-24(14-8-5-2)22-30(34-19-10-9-11-20-34)28-18-16-25(23)32(27)33(26)28/h15-18,21-22H,4-14,19-20H2,1-3H3. The lowest BCUT2D eigenvalue weighted by Gasteiger charge is -2.31. The number of aryl methyl sites for hydroxylation is 2. The van der Waals surface area contributed by atoms with Crippen LogP contribution < -0.4 is 4.90 Å². The summed E-state index contributed by atoms with van der Waals surface area (Å²) in [7, 11) is 0. The molecule has 0 atom stereocenters. The summed E-state index contributed by atoms with van der Waals surface area (Å²) in [5.41, 5.74) is 5.19. The molecule has 4 aromatic carbocycles. The highest BCUT2D eigenvalue weighted by Gasteiger charge is 2.22. The third kappa shape index (κ3) is 4.41. The molecule has 4 aromatic rings. The first-order valence-corrected chi connectivity index (χ1v) is 14.2. The van der Waals surface area contributed by atoms with Crippen molar-refractivity contribution in [2.24, 2.45) is 0 Å². The van der Waals surface area contributed by atoms with E-state index < -0.39 is 0 Å². The Bertz CT molecular complexity index is 1330. The maximum Gasteiger partial charge on any atom is 0.163 e. The van der Waals surface area contributed by atoms with Gasteiger partial charge in [0.15, 0.2) is 5.78 Å². The van der Waals surface area contributed by atoms with Gasteiger partial charge in [-0.15, -0.1) is 0 Å². The summed E-state index contributed by atoms with van der Waals surface area (Å²) in [6.45, 7) is 8.95. The summed E-state index contributed by atoms with van der Waals surface area (Å²) < 4.78 is 0. The van der Waals surface area contributed by atoms with Crippen molar-refractivity contribution in [1.29, 1.82) is 0 Å². The second kappa shape index (κ2) is 10.6. The van der Waals surface area contributed by atoms with Crippen LogP contribution in [0.3, 0.4) is 0 Å². The Hall–Kier alpha value is -2.61. The highest BCUT2D eigenvalue weighted by molar-refractivity contribution is 6.29. The Morgan fingerprint density at radius 3 is 1.91 bits per heavy atom. The van der Waals surface area contributed by atoms with Crippen LogP contribution in [0.4, 0.5) is 5.69 Å². The first-order valence-electron chi connectivity index (χ1n) is 14.2. The van der Waals surface area contributed by atoms with E-state index in [9.17, 15) is 4.79 Å². The molecule has 5 rings (SSSR count). The van der Waals surface area contributed by atoms with Crippen molar-refractivity contribution >= 4 is 43.8 Å². The number of unbranched alkanes of at least 4 members (excludes halogenated alkanes) is 2. The number of benzene rings is 4. The fourth-order valence-corrected chi connectivity index (χ4v) is 6.26. The summed E-state index contributed by atoms with van der Waals surface area (Å²) >= 11 is 0. The molecule has 35 heavy (non-hydrogen) atoms. The highest BCUT2D eigenvalue weighted by Crippen LogP contribution is 2.44. The second-order valence-corrected chi connectivity index (χ2v) is 10.6. The van der Waals surface area contributed by atoms with Gasteiger partial charge in [-0.1, -0.05) is 57.9 Å². The monoisotopic (exact) mass is 467 g/mol. The van der Waals surface area contributed by atoms with Gasteiger partial charge in [-0.25, -0.2) is 0 Å². The molecule has 0 amide bonds. The Morgan fingerprint density at radius 2 is 1.29 bits per heavy atom. The fourth-order valence-electron chi connectivity index (χ4n) is 6.26. The van der Waals surface area contributed by atoms with Gasteiger partial charge < -0.3 is 4.90 Å². The number of Topliss-reactive ketones (excluding diaryl/α,β-unsaturated/α-hetero) is 1. The maximum absolute atomic E-state index is 13.3. The lowest BCUT2D eigenvalue weighted by molar-refractivity contribution is 0.0983. The van der Waals surface area contributed by atoms with Crippen molar-refractivity contribution in [2.45, 2.75) is 91.4 Å². The summed E-state index contributed by atoms with van der Waals surface area (Å²) in [4.78, 5) is 16.0. The number of hydrogen-bond acceptors (Lipinski definition) is 2. The van der Waals surface area contributed by atoms with Crippen LogP contribution in [-0.2, 0) is 12.8 Å². The van der Waals surface area contributed by atoms with Crippen LogP contribution in [0.25, 0.3) is 32.3 Å². The molecule has 1 saturated heterocycles. The molecular formula is C33H41NO. The van der Waals surface area contributed by atoms with Gasteiger partial charge in [0.05, 0.1) is 0 Å². The van der Waals surface area contributed by atoms with Crippen LogP contribution in [0.2, 0.25) is 0 Å². The number of hydrogen-bond donors (Lipinski definition) is 0. The molecule has 2 nitrogen and oxygen atoms in total. The average molecular weight is 468 g/mol. The molecule has 0 spiro atoms. The van der Waals surface area contributed by atoms with Crippen molar-refractivity contribution in [3.8, 4) is 0 Å². The topological polar surface area (TPSA) is 20.3 Å². The van der Waals surface area contributed by atoms with Gasteiger partial charge >= 0.3 is 0 Å². The first-order chi connectivity index (χ1) is 17.2. The molecule has 0 unspecified atom stereocenters. The third-order valence-electron chi connectivity index (χ3n) is 8.12. The summed E-state index contributed by atoms with van der Waals surface area (Å²) in [6, 6.07) is 14.1. The lowest BCUT2D eigenvalue weighted by atomic mass is 9.84. The number of anilines is 1. The van der Waals surface area contributed by atoms with Crippen molar-refractivity contribution < 1.29 is 4.79 Å². The molecule has 0 saturated carbocycles. The number of nitrogens with zero attached hydrogens (tertiary/aromatic N) is 1. The molecule has 1 fully saturated rings. The zero-order valence-electron chi connectivity index (χ0n) is 22.0. The van der Waals surface area contributed by atoms with Gasteiger partial charge in [0.2, 0.25) is 0 Å². The normalized spacial score (nSPS) is 14.5. The molecule has 0 bridgehead atoms. The molecule has 1 heterocycles. The first kappa shape index (κ1) is 24.1. The molecule has 2 heteroatoms. The minimum absolute atomic E-state index is 0.297. The van der Waals surface area contributed by atoms with Crippen molar-refractivity contribution in [1.82, 2.24) is 0 Å². The SMILES string of the molecule is CCCCc1cc(C(=O)CCC)c2ccc3c(CCCC)cc(N4CCCCC4)c4ccc1c2c34. The second-order valence-electron chi connectivity index (χ2n) is 10.6. The van der Waals surface area contributed by atoms with E-state index in [0.29, 0.717) is 12.2 Å². The van der Waals surface area contributed by atoms with Crippen LogP contribution in [-0.4, -0.2) is 18.9 Å². The third-order valence-corrected chi connectivity index (χ3v) is 8.12. The van der Waals surface area contributed by atoms with Crippen molar-refractivity contribution in [2.75, 3.05) is 18.0 Å². The van der Waals surface area contributed by atoms with Gasteiger partial charge in [0, 0.05) is 36.1 Å². The van der Waals surface area contributed by atoms with Crippen molar-refractivity contribution in [3.05, 3.63) is 53.1 Å². The van der Waals surface area contributed by atoms with Crippen LogP contribution in [0.15, 0.2) is 36.4 Å². The van der Waals surface area contributed by atoms with Gasteiger partial charge in [0.1, 0.15) is 0 Å². The highest BCUT2D eigenvalue weighted by atomic mass is 16.1. The van der Waals surface area contributed by atoms with E-state index in [2.05, 4.69) is 62.1 Å². The largest absolute Gasteiger partial charge is 0.371 e. The van der Waals surface area contributed by atoms with E-state index in [4.69, 9.17) is 0 Å². The van der Waals surface area contributed by atoms with Gasteiger partial charge in [-0.05, 0) is 102 Å². The summed E-state index contributed by atoms with van der Waals surface area (Å²) in [5.74, 6) is 0.297. The number of carbonyl (C=O) groups is 1. The zero-order valence-corrected chi connectivity index (χ0v) is 22.0. The Balaban J connectivity index is 1.86. The molecule has 0 aromatic heterocycles. The maximum atomic E-state index is 13.3. The van der Waals surface area contributed by atoms with Crippen LogP contribution in [0, 0.1) is 0 Å². The predicted octanol–water partition coefficient (Wildman–Crippen LogP) is 9.24. The van der Waals surface area contributed by atoms with Crippen LogP contribution in [0.1, 0.15) is 100 Å². The Labute approximate surface area is 211 Å². The van der Waals surface area contributed by atoms with E-state index in [1.165, 1.54) is 82.3 Å². The fraction of sp³-hybridized carbons (Fsp3) is 0.485. The molecule has 1 aliphatic rings. The zero-order chi connectivity index (χ0) is 24.4. The molecule has 0 aliphatic carbocycles. The van der Waals surface area contributed by atoms with Crippen molar-refractivity contribution in [3.63, 3.8) is 0 Å². The molecule has 184 valence electrons. The molecular weight excluding hydrogens is 426 g/mol. The number of ketones is 1. The Kier molecular flexibility index (Phi) is 7.27. The minimum Gasteiger partial charge on any atom is -0.371 e. The number of piperidine rings is 1. The Morgan fingerprint density at radius 1 is 0.714 bits per heavy atom. The quantitative estimate of drug-likeness (QED) is 0.171. The lowest BCUT2D eigenvalue weighted by Crippen LogP contribution is -2.29. The summed E-state index contributed by atoms with van der Waals surface area (Å²) in [6.07, 6.45) is 12.3. The molecule has 0 N–H and O–H groups in total. The van der Waals surface area contributed by atoms with Gasteiger partial charge in [-0.2, -0.15) is 0 Å². The molecule has 0 radical (unpaired) electrons. The summed E-state index contributed by atoms with van der Waals surface area (Å²) in [5, 5.41) is 8.03. The van der Waals surface area contributed by atoms with Gasteiger partial charge in [-0.3, -0.25) is 4.79 Å². The predicted molar refractivity (Wildman–Crippen MR) is 153 cm³/mol. The molecule has 1 aliphatic heterocycles. The number of rotatable bonds is 10. The van der Waals surface area contributed by atoms with E-state index in [1.54, 1.807) is 0 Å². The van der Waals surface area contributed by atoms with E-state index in [-0.39, 0.29) is 0 Å². The van der Waals surface area contributed by atoms with E-state index in [1.807, 2.05) is 0 Å². The van der Waals surface area contributed by atoms with E-state index in [0.717, 1.165) is 49.7 Å². The van der Waals surface area contributed by atoms with E-state index >= 15 is 0 Å². The van der Waals surface area contributed by atoms with Gasteiger partial charge in [0.25, 0.3) is 0 Å². The smallest absolute Gasteiger partial charge is 0.163 e. The average Bonchev–Trinajstić information content (AvgIpc) is 2.90. The van der Waals surface area contributed by atoms with Crippen LogP contribution >= 0.6 is 0 Å².